The molecular weight excluding hydrogens is 262 g/mol. The number of carbonyl (C=O) groups is 1. The first kappa shape index (κ1) is 12.9. The third-order valence-electron chi connectivity index (χ3n) is 4.96. The molecule has 1 amide bonds. The Morgan fingerprint density at radius 1 is 1.14 bits per heavy atom. The molecule has 1 aromatic carbocycles. The van der Waals surface area contributed by atoms with Crippen LogP contribution in [-0.4, -0.2) is 53.9 Å². The minimum absolute atomic E-state index is 0.154. The van der Waals surface area contributed by atoms with Crippen molar-refractivity contribution in [3.8, 4) is 0 Å². The summed E-state index contributed by atoms with van der Waals surface area (Å²) in [6.45, 7) is 6.14. The fourth-order valence-electron chi connectivity index (χ4n) is 3.93. The van der Waals surface area contributed by atoms with Gasteiger partial charge in [0.1, 0.15) is 5.69 Å². The molecular formula is C17H21N3O. The highest BCUT2D eigenvalue weighted by Crippen LogP contribution is 2.31. The van der Waals surface area contributed by atoms with Gasteiger partial charge in [-0.3, -0.25) is 4.79 Å². The molecule has 2 saturated heterocycles. The van der Waals surface area contributed by atoms with Crippen LogP contribution in [0.1, 0.15) is 16.1 Å². The van der Waals surface area contributed by atoms with E-state index in [1.165, 1.54) is 5.56 Å². The summed E-state index contributed by atoms with van der Waals surface area (Å²) in [5, 5.41) is 1.12. The van der Waals surface area contributed by atoms with E-state index in [4.69, 9.17) is 0 Å². The van der Waals surface area contributed by atoms with E-state index in [2.05, 4.69) is 42.1 Å². The van der Waals surface area contributed by atoms with E-state index in [-0.39, 0.29) is 5.91 Å². The summed E-state index contributed by atoms with van der Waals surface area (Å²) >= 11 is 0. The summed E-state index contributed by atoms with van der Waals surface area (Å²) < 4.78 is 0. The van der Waals surface area contributed by atoms with Crippen LogP contribution in [0.5, 0.6) is 0 Å². The summed E-state index contributed by atoms with van der Waals surface area (Å²) in [6.07, 6.45) is 0. The van der Waals surface area contributed by atoms with Crippen molar-refractivity contribution < 1.29 is 4.79 Å². The number of fused-ring (bicyclic) bond motifs is 2. The zero-order valence-electron chi connectivity index (χ0n) is 12.6. The SMILES string of the molecule is Cc1ccc2[nH]c(C(=O)N3C[C@H]4CN(C)C[C@H]4C3)cc2c1. The van der Waals surface area contributed by atoms with Crippen molar-refractivity contribution in [2.24, 2.45) is 11.8 Å². The van der Waals surface area contributed by atoms with Crippen molar-refractivity contribution in [3.05, 3.63) is 35.5 Å². The molecule has 1 aromatic heterocycles. The number of aromatic amines is 1. The molecule has 2 aliphatic heterocycles. The number of nitrogens with zero attached hydrogens (tertiary/aromatic N) is 2. The number of hydrogen-bond donors (Lipinski definition) is 1. The number of carbonyl (C=O) groups excluding carboxylic acids is 1. The van der Waals surface area contributed by atoms with Crippen molar-refractivity contribution >= 4 is 16.8 Å². The maximum absolute atomic E-state index is 12.7. The van der Waals surface area contributed by atoms with Crippen molar-refractivity contribution in [3.63, 3.8) is 0 Å². The number of aromatic nitrogens is 1. The van der Waals surface area contributed by atoms with Crippen molar-refractivity contribution in [1.82, 2.24) is 14.8 Å². The maximum atomic E-state index is 12.7. The average molecular weight is 283 g/mol. The normalized spacial score (nSPS) is 25.7. The Bertz CT molecular complexity index is 691. The van der Waals surface area contributed by atoms with E-state index in [0.717, 1.165) is 42.8 Å². The van der Waals surface area contributed by atoms with Gasteiger partial charge in [0.2, 0.25) is 0 Å². The van der Waals surface area contributed by atoms with Gasteiger partial charge in [0.05, 0.1) is 0 Å². The third kappa shape index (κ3) is 2.14. The first-order chi connectivity index (χ1) is 10.1. The maximum Gasteiger partial charge on any atom is 0.270 e. The number of amides is 1. The topological polar surface area (TPSA) is 39.3 Å². The minimum atomic E-state index is 0.154. The molecule has 21 heavy (non-hydrogen) atoms. The Kier molecular flexibility index (Phi) is 2.82. The van der Waals surface area contributed by atoms with Gasteiger partial charge in [0.25, 0.3) is 5.91 Å². The van der Waals surface area contributed by atoms with E-state index in [1.807, 2.05) is 11.0 Å². The zero-order chi connectivity index (χ0) is 14.6. The van der Waals surface area contributed by atoms with Crippen LogP contribution in [0.25, 0.3) is 10.9 Å². The lowest BCUT2D eigenvalue weighted by Crippen LogP contribution is -2.32. The predicted octanol–water partition coefficient (Wildman–Crippen LogP) is 2.11. The van der Waals surface area contributed by atoms with Gasteiger partial charge in [-0.1, -0.05) is 11.6 Å². The first-order valence-electron chi connectivity index (χ1n) is 7.67. The van der Waals surface area contributed by atoms with E-state index < -0.39 is 0 Å². The molecule has 0 unspecified atom stereocenters. The van der Waals surface area contributed by atoms with Gasteiger partial charge in [-0.25, -0.2) is 0 Å². The molecule has 2 aliphatic rings. The number of hydrogen-bond acceptors (Lipinski definition) is 2. The van der Waals surface area contributed by atoms with Crippen LogP contribution in [0.15, 0.2) is 24.3 Å². The van der Waals surface area contributed by atoms with Gasteiger partial charge < -0.3 is 14.8 Å². The Hall–Kier alpha value is -1.81. The fourth-order valence-corrected chi connectivity index (χ4v) is 3.93. The van der Waals surface area contributed by atoms with Gasteiger partial charge in [-0.2, -0.15) is 0 Å². The number of H-pyrrole nitrogens is 1. The summed E-state index contributed by atoms with van der Waals surface area (Å²) in [6, 6.07) is 8.24. The van der Waals surface area contributed by atoms with Gasteiger partial charge in [0, 0.05) is 37.1 Å². The summed E-state index contributed by atoms with van der Waals surface area (Å²) in [7, 11) is 2.17. The zero-order valence-corrected chi connectivity index (χ0v) is 12.6. The number of benzene rings is 1. The Labute approximate surface area is 124 Å². The van der Waals surface area contributed by atoms with E-state index >= 15 is 0 Å². The summed E-state index contributed by atoms with van der Waals surface area (Å²) in [4.78, 5) is 20.4. The molecule has 0 bridgehead atoms. The number of nitrogens with one attached hydrogen (secondary N) is 1. The van der Waals surface area contributed by atoms with E-state index in [0.29, 0.717) is 11.8 Å². The highest BCUT2D eigenvalue weighted by Gasteiger charge is 2.40. The number of likely N-dealkylation sites (tertiary alicyclic amines) is 2. The summed E-state index contributed by atoms with van der Waals surface area (Å²) in [5.74, 6) is 1.47. The van der Waals surface area contributed by atoms with Crippen molar-refractivity contribution in [2.75, 3.05) is 33.2 Å². The minimum Gasteiger partial charge on any atom is -0.351 e. The molecule has 0 aliphatic carbocycles. The molecule has 0 saturated carbocycles. The lowest BCUT2D eigenvalue weighted by Gasteiger charge is -2.18. The van der Waals surface area contributed by atoms with Crippen LogP contribution < -0.4 is 0 Å². The molecule has 2 atom stereocenters. The second-order valence-corrected chi connectivity index (χ2v) is 6.73. The van der Waals surface area contributed by atoms with E-state index in [1.54, 1.807) is 0 Å². The molecule has 0 spiro atoms. The van der Waals surface area contributed by atoms with Crippen molar-refractivity contribution in [2.45, 2.75) is 6.92 Å². The molecule has 4 nitrogen and oxygen atoms in total. The second-order valence-electron chi connectivity index (χ2n) is 6.73. The fraction of sp³-hybridized carbons (Fsp3) is 0.471. The average Bonchev–Trinajstić information content (AvgIpc) is 3.08. The third-order valence-corrected chi connectivity index (χ3v) is 4.96. The quantitative estimate of drug-likeness (QED) is 0.870. The predicted molar refractivity (Wildman–Crippen MR) is 83.4 cm³/mol. The highest BCUT2D eigenvalue weighted by atomic mass is 16.2. The molecule has 2 aromatic rings. The van der Waals surface area contributed by atoms with Gasteiger partial charge in [-0.05, 0) is 44.0 Å². The monoisotopic (exact) mass is 283 g/mol. The molecule has 2 fully saturated rings. The summed E-state index contributed by atoms with van der Waals surface area (Å²) in [5.41, 5.74) is 2.99. The molecule has 0 radical (unpaired) electrons. The van der Waals surface area contributed by atoms with Crippen LogP contribution in [0, 0.1) is 18.8 Å². The Morgan fingerprint density at radius 2 is 1.86 bits per heavy atom. The van der Waals surface area contributed by atoms with Crippen LogP contribution in [-0.2, 0) is 0 Å². The number of rotatable bonds is 1. The first-order valence-corrected chi connectivity index (χ1v) is 7.67. The van der Waals surface area contributed by atoms with Crippen LogP contribution in [0.4, 0.5) is 0 Å². The van der Waals surface area contributed by atoms with Gasteiger partial charge >= 0.3 is 0 Å². The van der Waals surface area contributed by atoms with Crippen LogP contribution in [0.2, 0.25) is 0 Å². The largest absolute Gasteiger partial charge is 0.351 e. The molecule has 110 valence electrons. The molecule has 3 heterocycles. The van der Waals surface area contributed by atoms with Crippen LogP contribution >= 0.6 is 0 Å². The smallest absolute Gasteiger partial charge is 0.270 e. The van der Waals surface area contributed by atoms with Gasteiger partial charge in [0.15, 0.2) is 0 Å². The second kappa shape index (κ2) is 4.60. The molecule has 1 N–H and O–H groups in total. The van der Waals surface area contributed by atoms with Crippen molar-refractivity contribution in [1.29, 1.82) is 0 Å². The standard InChI is InChI=1S/C17H21N3O/c1-11-3-4-15-12(5-11)6-16(18-15)17(21)20-9-13-7-19(2)8-14(13)10-20/h3-6,13-14,18H,7-10H2,1-2H3/t13-,14+. The van der Waals surface area contributed by atoms with Crippen LogP contribution in [0.3, 0.4) is 0 Å². The Morgan fingerprint density at radius 3 is 2.57 bits per heavy atom. The highest BCUT2D eigenvalue weighted by molar-refractivity contribution is 5.98. The lowest BCUT2D eigenvalue weighted by molar-refractivity contribution is 0.0771. The van der Waals surface area contributed by atoms with E-state index in [9.17, 15) is 4.79 Å². The molecule has 4 heteroatoms. The number of aryl methyl sites for hydroxylation is 1. The molecule has 4 rings (SSSR count). The lowest BCUT2D eigenvalue weighted by atomic mass is 10.0. The Balaban J connectivity index is 1.57. The van der Waals surface area contributed by atoms with Gasteiger partial charge in [-0.15, -0.1) is 0 Å².